The lowest BCUT2D eigenvalue weighted by molar-refractivity contribution is 0.370. The van der Waals surface area contributed by atoms with Crippen molar-refractivity contribution in [2.75, 3.05) is 7.11 Å². The Hall–Kier alpha value is -3.57. The molecule has 4 rings (SSSR count). The van der Waals surface area contributed by atoms with E-state index in [0.29, 0.717) is 5.56 Å². The number of hydrogen-bond donors (Lipinski definition) is 1. The lowest BCUT2D eigenvalue weighted by Crippen LogP contribution is -2.16. The molecule has 162 valence electrons. The molecular formula is C27H24O4S. The predicted octanol–water partition coefficient (Wildman–Crippen LogP) is 5.94. The number of para-hydroxylation sites is 1. The number of methoxy groups -OCH3 is 1. The van der Waals surface area contributed by atoms with Gasteiger partial charge in [-0.15, -0.1) is 0 Å². The summed E-state index contributed by atoms with van der Waals surface area (Å²) in [6, 6.07) is 29.0. The summed E-state index contributed by atoms with van der Waals surface area (Å²) in [6.07, 6.45) is 0. The molecule has 5 heteroatoms. The minimum absolute atomic E-state index is 0.178. The van der Waals surface area contributed by atoms with Crippen molar-refractivity contribution in [2.45, 2.75) is 17.1 Å². The molecule has 1 atom stereocenters. The summed E-state index contributed by atoms with van der Waals surface area (Å²) in [4.78, 5) is 0.197. The summed E-state index contributed by atoms with van der Waals surface area (Å²) in [5, 5.41) is 9.73. The van der Waals surface area contributed by atoms with Crippen molar-refractivity contribution in [2.24, 2.45) is 0 Å². The van der Waals surface area contributed by atoms with Crippen molar-refractivity contribution in [3.05, 3.63) is 114 Å². The number of ether oxygens (including phenoxy) is 1. The van der Waals surface area contributed by atoms with Crippen molar-refractivity contribution in [3.63, 3.8) is 0 Å². The van der Waals surface area contributed by atoms with Gasteiger partial charge in [0.05, 0.1) is 12.0 Å². The highest BCUT2D eigenvalue weighted by atomic mass is 32.2. The highest BCUT2D eigenvalue weighted by Crippen LogP contribution is 2.43. The van der Waals surface area contributed by atoms with Gasteiger partial charge >= 0.3 is 0 Å². The molecule has 0 fully saturated rings. The third-order valence-corrected chi connectivity index (χ3v) is 7.59. The van der Waals surface area contributed by atoms with Gasteiger partial charge < -0.3 is 9.84 Å². The van der Waals surface area contributed by atoms with E-state index in [2.05, 4.69) is 0 Å². The Morgan fingerprint density at radius 1 is 0.750 bits per heavy atom. The van der Waals surface area contributed by atoms with Gasteiger partial charge in [0.15, 0.2) is 21.3 Å². The molecule has 0 saturated heterocycles. The number of hydrogen-bond acceptors (Lipinski definition) is 4. The van der Waals surface area contributed by atoms with Gasteiger partial charge in [-0.3, -0.25) is 0 Å². The summed E-state index contributed by atoms with van der Waals surface area (Å²) in [7, 11) is -2.42. The Bertz CT molecular complexity index is 1310. The average molecular weight is 445 g/mol. The summed E-state index contributed by atoms with van der Waals surface area (Å²) in [6.45, 7) is 1.91. The van der Waals surface area contributed by atoms with Gasteiger partial charge in [-0.2, -0.15) is 0 Å². The molecule has 1 unspecified atom stereocenters. The first-order valence-electron chi connectivity index (χ1n) is 10.2. The molecule has 0 spiro atoms. The molecule has 32 heavy (non-hydrogen) atoms. The van der Waals surface area contributed by atoms with Crippen LogP contribution in [0.5, 0.6) is 11.5 Å². The van der Waals surface area contributed by atoms with Crippen molar-refractivity contribution >= 4 is 9.84 Å². The third kappa shape index (κ3) is 4.12. The third-order valence-electron chi connectivity index (χ3n) is 5.51. The Labute approximate surface area is 188 Å². The van der Waals surface area contributed by atoms with Crippen LogP contribution in [0.25, 0.3) is 11.1 Å². The molecule has 0 amide bonds. The molecule has 1 N–H and O–H groups in total. The van der Waals surface area contributed by atoms with Gasteiger partial charge in [-0.25, -0.2) is 8.42 Å². The Balaban J connectivity index is 1.88. The van der Waals surface area contributed by atoms with Crippen LogP contribution in [-0.2, 0) is 9.84 Å². The number of benzene rings is 4. The molecule has 0 radical (unpaired) electrons. The first-order chi connectivity index (χ1) is 15.4. The van der Waals surface area contributed by atoms with Gasteiger partial charge in [0.1, 0.15) is 5.25 Å². The van der Waals surface area contributed by atoms with Crippen LogP contribution in [0.15, 0.2) is 102 Å². The molecule has 0 aliphatic rings. The summed E-state index contributed by atoms with van der Waals surface area (Å²) in [5.41, 5.74) is 3.83. The number of rotatable bonds is 6. The maximum atomic E-state index is 13.8. The van der Waals surface area contributed by atoms with Crippen LogP contribution in [-0.4, -0.2) is 20.6 Å². The van der Waals surface area contributed by atoms with E-state index < -0.39 is 15.1 Å². The topological polar surface area (TPSA) is 63.6 Å². The fourth-order valence-corrected chi connectivity index (χ4v) is 5.61. The minimum Gasteiger partial charge on any atom is -0.504 e. The van der Waals surface area contributed by atoms with Crippen molar-refractivity contribution < 1.29 is 18.3 Å². The zero-order valence-electron chi connectivity index (χ0n) is 17.9. The highest BCUT2D eigenvalue weighted by molar-refractivity contribution is 7.92. The Kier molecular flexibility index (Phi) is 6.01. The van der Waals surface area contributed by atoms with Gasteiger partial charge in [-0.1, -0.05) is 84.4 Å². The number of aromatic hydroxyl groups is 1. The number of sulfone groups is 1. The van der Waals surface area contributed by atoms with Crippen LogP contribution >= 0.6 is 0 Å². The maximum absolute atomic E-state index is 13.8. The van der Waals surface area contributed by atoms with E-state index in [4.69, 9.17) is 4.74 Å². The predicted molar refractivity (Wildman–Crippen MR) is 127 cm³/mol. The quantitative estimate of drug-likeness (QED) is 0.400. The molecular weight excluding hydrogens is 420 g/mol. The molecule has 0 bridgehead atoms. The van der Waals surface area contributed by atoms with Gasteiger partial charge in [0.2, 0.25) is 0 Å². The lowest BCUT2D eigenvalue weighted by atomic mass is 9.99. The molecule has 0 heterocycles. The second kappa shape index (κ2) is 8.89. The average Bonchev–Trinajstić information content (AvgIpc) is 2.81. The van der Waals surface area contributed by atoms with Crippen molar-refractivity contribution in [3.8, 4) is 22.6 Å². The zero-order valence-corrected chi connectivity index (χ0v) is 18.7. The van der Waals surface area contributed by atoms with Crippen LogP contribution < -0.4 is 4.74 Å². The van der Waals surface area contributed by atoms with E-state index >= 15 is 0 Å². The van der Waals surface area contributed by atoms with Gasteiger partial charge in [0.25, 0.3) is 0 Å². The Morgan fingerprint density at radius 3 is 2.00 bits per heavy atom. The SMILES string of the molecule is COc1cccc(C(c2ccc(-c3ccccc3)cc2)S(=O)(=O)c2ccc(C)cc2)c1O. The standard InChI is InChI=1S/C27H24O4S/c1-19-11-17-23(18-12-19)32(29,30)27(24-9-6-10-25(31-2)26(24)28)22-15-13-21(14-16-22)20-7-4-3-5-8-20/h3-18,27-28H,1-2H3. The first-order valence-corrected chi connectivity index (χ1v) is 11.8. The monoisotopic (exact) mass is 444 g/mol. The largest absolute Gasteiger partial charge is 0.504 e. The minimum atomic E-state index is -3.86. The summed E-state index contributed by atoms with van der Waals surface area (Å²) in [5.74, 6) is 0.0512. The normalized spacial score (nSPS) is 12.3. The number of phenols is 1. The summed E-state index contributed by atoms with van der Waals surface area (Å²) >= 11 is 0. The van der Waals surface area contributed by atoms with E-state index in [9.17, 15) is 13.5 Å². The van der Waals surface area contributed by atoms with E-state index in [1.165, 1.54) is 7.11 Å². The van der Waals surface area contributed by atoms with Crippen LogP contribution in [0.3, 0.4) is 0 Å². The van der Waals surface area contributed by atoms with Crippen molar-refractivity contribution in [1.82, 2.24) is 0 Å². The van der Waals surface area contributed by atoms with Crippen LogP contribution in [0.2, 0.25) is 0 Å². The second-order valence-corrected chi connectivity index (χ2v) is 9.66. The van der Waals surface area contributed by atoms with E-state index in [0.717, 1.165) is 16.7 Å². The van der Waals surface area contributed by atoms with Crippen LogP contribution in [0.1, 0.15) is 21.9 Å². The summed E-state index contributed by atoms with van der Waals surface area (Å²) < 4.78 is 32.8. The molecule has 0 aliphatic heterocycles. The smallest absolute Gasteiger partial charge is 0.189 e. The molecule has 4 nitrogen and oxygen atoms in total. The fourth-order valence-electron chi connectivity index (χ4n) is 3.79. The molecule has 4 aromatic rings. The molecule has 0 saturated carbocycles. The van der Waals surface area contributed by atoms with Gasteiger partial charge in [-0.05, 0) is 41.8 Å². The van der Waals surface area contributed by atoms with E-state index in [1.807, 2.05) is 49.4 Å². The van der Waals surface area contributed by atoms with E-state index in [1.54, 1.807) is 54.6 Å². The zero-order chi connectivity index (χ0) is 22.7. The van der Waals surface area contributed by atoms with Gasteiger partial charge in [0, 0.05) is 5.56 Å². The number of aryl methyl sites for hydroxylation is 1. The fraction of sp³-hybridized carbons (Fsp3) is 0.111. The molecule has 0 aromatic heterocycles. The first kappa shape index (κ1) is 21.7. The Morgan fingerprint density at radius 2 is 1.38 bits per heavy atom. The lowest BCUT2D eigenvalue weighted by Gasteiger charge is -2.21. The highest BCUT2D eigenvalue weighted by Gasteiger charge is 2.33. The molecule has 4 aromatic carbocycles. The van der Waals surface area contributed by atoms with Crippen molar-refractivity contribution in [1.29, 1.82) is 0 Å². The number of phenolic OH excluding ortho intramolecular Hbond substituents is 1. The van der Waals surface area contributed by atoms with Crippen LogP contribution in [0.4, 0.5) is 0 Å². The molecule has 0 aliphatic carbocycles. The maximum Gasteiger partial charge on any atom is 0.189 e. The van der Waals surface area contributed by atoms with E-state index in [-0.39, 0.29) is 22.0 Å². The second-order valence-electron chi connectivity index (χ2n) is 7.62. The van der Waals surface area contributed by atoms with Crippen LogP contribution in [0, 0.1) is 6.92 Å².